The number of H-pyrrole nitrogens is 1. The molecule has 1 amide bonds. The van der Waals surface area contributed by atoms with Gasteiger partial charge in [0.15, 0.2) is 0 Å². The van der Waals surface area contributed by atoms with Crippen molar-refractivity contribution in [3.63, 3.8) is 0 Å². The van der Waals surface area contributed by atoms with Gasteiger partial charge in [0, 0.05) is 18.7 Å². The molecule has 0 bridgehead atoms. The van der Waals surface area contributed by atoms with Crippen LogP contribution in [0.5, 0.6) is 0 Å². The summed E-state index contributed by atoms with van der Waals surface area (Å²) in [6.07, 6.45) is 0.808. The third-order valence-electron chi connectivity index (χ3n) is 3.36. The fraction of sp³-hybridized carbons (Fsp3) is 0.467. The number of aryl methyl sites for hydroxylation is 2. The minimum atomic E-state index is -0.286. The van der Waals surface area contributed by atoms with Crippen LogP contribution in [-0.4, -0.2) is 45.5 Å². The van der Waals surface area contributed by atoms with Crippen LogP contribution in [-0.2, 0) is 16.1 Å². The lowest BCUT2D eigenvalue weighted by atomic mass is 10.3. The lowest BCUT2D eigenvalue weighted by Gasteiger charge is -2.02. The monoisotopic (exact) mass is 319 g/mol. The molecule has 0 unspecified atom stereocenters. The molecule has 23 heavy (non-hydrogen) atoms. The summed E-state index contributed by atoms with van der Waals surface area (Å²) < 4.78 is 6.38. The molecular weight excluding hydrogens is 298 g/mol. The largest absolute Gasteiger partial charge is 0.469 e. The zero-order chi connectivity index (χ0) is 16.8. The molecule has 0 spiro atoms. The summed E-state index contributed by atoms with van der Waals surface area (Å²) in [7, 11) is 1.34. The molecule has 0 aliphatic rings. The van der Waals surface area contributed by atoms with E-state index < -0.39 is 0 Å². The lowest BCUT2D eigenvalue weighted by molar-refractivity contribution is -0.140. The number of hydrogen-bond acceptors (Lipinski definition) is 5. The molecule has 2 rings (SSSR count). The molecule has 8 heteroatoms. The Balaban J connectivity index is 1.85. The highest BCUT2D eigenvalue weighted by Gasteiger charge is 2.11. The first-order chi connectivity index (χ1) is 11.0. The maximum Gasteiger partial charge on any atom is 0.305 e. The molecule has 124 valence electrons. The van der Waals surface area contributed by atoms with Crippen LogP contribution < -0.4 is 5.32 Å². The molecule has 0 radical (unpaired) electrons. The molecule has 2 aromatic rings. The number of aromatic nitrogens is 4. The Morgan fingerprint density at radius 1 is 1.35 bits per heavy atom. The smallest absolute Gasteiger partial charge is 0.305 e. The van der Waals surface area contributed by atoms with Gasteiger partial charge in [-0.1, -0.05) is 0 Å². The van der Waals surface area contributed by atoms with Crippen molar-refractivity contribution < 1.29 is 14.3 Å². The molecule has 0 atom stereocenters. The second-order valence-corrected chi connectivity index (χ2v) is 5.30. The van der Waals surface area contributed by atoms with Crippen molar-refractivity contribution in [3.05, 3.63) is 34.9 Å². The van der Waals surface area contributed by atoms with Crippen LogP contribution >= 0.6 is 0 Å². The van der Waals surface area contributed by atoms with Gasteiger partial charge in [0.2, 0.25) is 0 Å². The molecule has 0 aromatic carbocycles. The van der Waals surface area contributed by atoms with Gasteiger partial charge in [-0.05, 0) is 32.4 Å². The van der Waals surface area contributed by atoms with Crippen LogP contribution in [0, 0.1) is 13.8 Å². The highest BCUT2D eigenvalue weighted by Crippen LogP contribution is 2.07. The first kappa shape index (κ1) is 16.7. The van der Waals surface area contributed by atoms with E-state index in [1.807, 2.05) is 24.6 Å². The standard InChI is InChI=1S/C15H21N5O3/c1-10-7-11(2)20(19-10)9-12-8-13(18-17-12)15(22)16-6-4-5-14(21)23-3/h7-8H,4-6,9H2,1-3H3,(H,16,22)(H,17,18). The fourth-order valence-corrected chi connectivity index (χ4v) is 2.18. The molecule has 2 N–H and O–H groups in total. The number of amides is 1. The molecule has 2 aromatic heterocycles. The van der Waals surface area contributed by atoms with Crippen molar-refractivity contribution in [2.75, 3.05) is 13.7 Å². The lowest BCUT2D eigenvalue weighted by Crippen LogP contribution is -2.25. The molecule has 0 saturated carbocycles. The topological polar surface area (TPSA) is 102 Å². The third kappa shape index (κ3) is 4.67. The van der Waals surface area contributed by atoms with E-state index in [1.165, 1.54) is 7.11 Å². The van der Waals surface area contributed by atoms with Gasteiger partial charge < -0.3 is 10.1 Å². The summed E-state index contributed by atoms with van der Waals surface area (Å²) in [5.74, 6) is -0.558. The van der Waals surface area contributed by atoms with E-state index in [2.05, 4.69) is 25.3 Å². The van der Waals surface area contributed by atoms with Crippen molar-refractivity contribution >= 4 is 11.9 Å². The number of hydrogen-bond donors (Lipinski definition) is 2. The van der Waals surface area contributed by atoms with Crippen LogP contribution in [0.3, 0.4) is 0 Å². The zero-order valence-electron chi connectivity index (χ0n) is 13.5. The zero-order valence-corrected chi connectivity index (χ0v) is 13.5. The second kappa shape index (κ2) is 7.57. The van der Waals surface area contributed by atoms with Crippen LogP contribution in [0.1, 0.15) is 40.4 Å². The van der Waals surface area contributed by atoms with Gasteiger partial charge in [0.05, 0.1) is 25.0 Å². The Bertz CT molecular complexity index is 689. The molecule has 0 aliphatic heterocycles. The first-order valence-corrected chi connectivity index (χ1v) is 7.40. The average Bonchev–Trinajstić information content (AvgIpc) is 3.10. The molecule has 0 aliphatic carbocycles. The van der Waals surface area contributed by atoms with Gasteiger partial charge in [-0.25, -0.2) is 0 Å². The summed E-state index contributed by atoms with van der Waals surface area (Å²) in [5.41, 5.74) is 3.12. The first-order valence-electron chi connectivity index (χ1n) is 7.40. The average molecular weight is 319 g/mol. The second-order valence-electron chi connectivity index (χ2n) is 5.30. The number of nitrogens with zero attached hydrogens (tertiary/aromatic N) is 3. The fourth-order valence-electron chi connectivity index (χ4n) is 2.18. The van der Waals surface area contributed by atoms with E-state index in [1.54, 1.807) is 6.07 Å². The van der Waals surface area contributed by atoms with Crippen LogP contribution in [0.15, 0.2) is 12.1 Å². The third-order valence-corrected chi connectivity index (χ3v) is 3.36. The quantitative estimate of drug-likeness (QED) is 0.584. The summed E-state index contributed by atoms with van der Waals surface area (Å²) in [5, 5.41) is 13.9. The highest BCUT2D eigenvalue weighted by molar-refractivity contribution is 5.92. The Morgan fingerprint density at radius 3 is 2.78 bits per heavy atom. The van der Waals surface area contributed by atoms with E-state index in [0.717, 1.165) is 17.1 Å². The number of nitrogens with one attached hydrogen (secondary N) is 2. The van der Waals surface area contributed by atoms with E-state index in [4.69, 9.17) is 0 Å². The number of aromatic amines is 1. The predicted molar refractivity (Wildman–Crippen MR) is 83.0 cm³/mol. The van der Waals surface area contributed by atoms with Gasteiger partial charge in [-0.15, -0.1) is 0 Å². The minimum absolute atomic E-state index is 0.272. The van der Waals surface area contributed by atoms with E-state index in [0.29, 0.717) is 25.2 Å². The van der Waals surface area contributed by atoms with Gasteiger partial charge in [0.25, 0.3) is 5.91 Å². The van der Waals surface area contributed by atoms with Crippen molar-refractivity contribution in [1.29, 1.82) is 0 Å². The maximum absolute atomic E-state index is 12.0. The summed E-state index contributed by atoms with van der Waals surface area (Å²) in [6.45, 7) is 4.84. The van der Waals surface area contributed by atoms with Gasteiger partial charge in [-0.3, -0.25) is 19.4 Å². The molecule has 0 fully saturated rings. The SMILES string of the molecule is COC(=O)CCCNC(=O)c1cc(Cn2nc(C)cc2C)[nH]n1. The van der Waals surface area contributed by atoms with E-state index in [9.17, 15) is 9.59 Å². The van der Waals surface area contributed by atoms with Gasteiger partial charge in [-0.2, -0.15) is 10.2 Å². The minimum Gasteiger partial charge on any atom is -0.469 e. The van der Waals surface area contributed by atoms with E-state index in [-0.39, 0.29) is 18.3 Å². The molecule has 8 nitrogen and oxygen atoms in total. The van der Waals surface area contributed by atoms with Crippen LogP contribution in [0.2, 0.25) is 0 Å². The number of methoxy groups -OCH3 is 1. The van der Waals surface area contributed by atoms with Crippen molar-refractivity contribution in [3.8, 4) is 0 Å². The molecular formula is C15H21N5O3. The van der Waals surface area contributed by atoms with Crippen molar-refractivity contribution in [2.24, 2.45) is 0 Å². The molecule has 0 saturated heterocycles. The Labute approximate surface area is 134 Å². The summed E-state index contributed by atoms with van der Waals surface area (Å²) in [4.78, 5) is 22.9. The summed E-state index contributed by atoms with van der Waals surface area (Å²) in [6, 6.07) is 3.69. The summed E-state index contributed by atoms with van der Waals surface area (Å²) >= 11 is 0. The Kier molecular flexibility index (Phi) is 5.51. The number of esters is 1. The predicted octanol–water partition coefficient (Wildman–Crippen LogP) is 0.954. The number of carbonyl (C=O) groups excluding carboxylic acids is 2. The maximum atomic E-state index is 12.0. The number of carbonyl (C=O) groups is 2. The van der Waals surface area contributed by atoms with Crippen molar-refractivity contribution in [2.45, 2.75) is 33.2 Å². The molecule has 2 heterocycles. The Morgan fingerprint density at radius 2 is 2.13 bits per heavy atom. The number of ether oxygens (including phenoxy) is 1. The van der Waals surface area contributed by atoms with Gasteiger partial charge >= 0.3 is 5.97 Å². The normalized spacial score (nSPS) is 10.6. The van der Waals surface area contributed by atoms with Crippen LogP contribution in [0.25, 0.3) is 0 Å². The number of rotatable bonds is 7. The highest BCUT2D eigenvalue weighted by atomic mass is 16.5. The van der Waals surface area contributed by atoms with Crippen molar-refractivity contribution in [1.82, 2.24) is 25.3 Å². The Hall–Kier alpha value is -2.64. The van der Waals surface area contributed by atoms with E-state index >= 15 is 0 Å². The van der Waals surface area contributed by atoms with Gasteiger partial charge in [0.1, 0.15) is 5.69 Å². The van der Waals surface area contributed by atoms with Crippen LogP contribution in [0.4, 0.5) is 0 Å².